The Balaban J connectivity index is 2.08. The maximum atomic E-state index is 13.1. The van der Waals surface area contributed by atoms with Crippen LogP contribution < -0.4 is 5.56 Å². The molecular weight excluding hydrogens is 342 g/mol. The summed E-state index contributed by atoms with van der Waals surface area (Å²) >= 11 is 1.52. The van der Waals surface area contributed by atoms with Gasteiger partial charge in [0.2, 0.25) is 0 Å². The van der Waals surface area contributed by atoms with Crippen molar-refractivity contribution in [2.24, 2.45) is 5.41 Å². The Morgan fingerprint density at radius 1 is 1.15 bits per heavy atom. The number of fused-ring (bicyclic) bond motifs is 1. The van der Waals surface area contributed by atoms with Crippen molar-refractivity contribution >= 4 is 22.7 Å². The fourth-order valence-electron chi connectivity index (χ4n) is 2.58. The lowest BCUT2D eigenvalue weighted by Gasteiger charge is -2.16. The summed E-state index contributed by atoms with van der Waals surface area (Å²) in [6.45, 7) is 5.87. The number of para-hydroxylation sites is 1. The molecule has 5 heteroatoms. The van der Waals surface area contributed by atoms with Crippen molar-refractivity contribution in [2.45, 2.75) is 32.3 Å². The van der Waals surface area contributed by atoms with E-state index < -0.39 is 5.41 Å². The molecule has 0 radical (unpaired) electrons. The first-order valence-electron chi connectivity index (χ1n) is 8.54. The van der Waals surface area contributed by atoms with E-state index in [2.05, 4.69) is 6.07 Å². The number of aromatic nitrogens is 2. The summed E-state index contributed by atoms with van der Waals surface area (Å²) in [4.78, 5) is 17.8. The Morgan fingerprint density at radius 3 is 2.54 bits per heavy atom. The minimum absolute atomic E-state index is 0.0681. The molecule has 0 saturated carbocycles. The van der Waals surface area contributed by atoms with Crippen LogP contribution in [0.2, 0.25) is 0 Å². The second-order valence-electron chi connectivity index (χ2n) is 6.98. The van der Waals surface area contributed by atoms with Crippen molar-refractivity contribution < 1.29 is 0 Å². The van der Waals surface area contributed by atoms with E-state index in [1.54, 1.807) is 4.57 Å². The van der Waals surface area contributed by atoms with Gasteiger partial charge in [-0.25, -0.2) is 4.98 Å². The minimum atomic E-state index is -0.390. The van der Waals surface area contributed by atoms with Gasteiger partial charge < -0.3 is 0 Å². The highest BCUT2D eigenvalue weighted by Crippen LogP contribution is 2.27. The molecule has 132 valence electrons. The van der Waals surface area contributed by atoms with Crippen LogP contribution in [0.4, 0.5) is 0 Å². The van der Waals surface area contributed by atoms with E-state index in [0.717, 1.165) is 23.4 Å². The largest absolute Gasteiger partial charge is 0.268 e. The van der Waals surface area contributed by atoms with Crippen LogP contribution >= 0.6 is 11.8 Å². The molecule has 0 bridgehead atoms. The van der Waals surface area contributed by atoms with Gasteiger partial charge in [-0.1, -0.05) is 41.6 Å². The fraction of sp³-hybridized carbons (Fsp3) is 0.286. The molecule has 2 aromatic carbocycles. The van der Waals surface area contributed by atoms with E-state index >= 15 is 0 Å². The van der Waals surface area contributed by atoms with Crippen LogP contribution in [0.1, 0.15) is 25.8 Å². The SMILES string of the molecule is Cc1ccc(-n2c(SCCC(C)(C)C#N)nc3ccccc3c2=O)cc1. The molecule has 0 aliphatic rings. The number of benzene rings is 2. The molecule has 0 N–H and O–H groups in total. The number of nitrogens with zero attached hydrogens (tertiary/aromatic N) is 3. The molecule has 0 saturated heterocycles. The highest BCUT2D eigenvalue weighted by atomic mass is 32.2. The molecule has 0 unspecified atom stereocenters. The molecule has 1 aromatic heterocycles. The first-order chi connectivity index (χ1) is 12.4. The van der Waals surface area contributed by atoms with E-state index in [9.17, 15) is 10.1 Å². The number of thioether (sulfide) groups is 1. The summed E-state index contributed by atoms with van der Waals surface area (Å²) in [6.07, 6.45) is 0.727. The van der Waals surface area contributed by atoms with Gasteiger partial charge in [0.1, 0.15) is 0 Å². The van der Waals surface area contributed by atoms with Crippen LogP contribution in [0.25, 0.3) is 16.6 Å². The third-order valence-electron chi connectivity index (χ3n) is 4.30. The summed E-state index contributed by atoms with van der Waals surface area (Å²) in [5.74, 6) is 0.719. The van der Waals surface area contributed by atoms with Crippen LogP contribution in [0.15, 0.2) is 58.5 Å². The van der Waals surface area contributed by atoms with Crippen molar-refractivity contribution in [2.75, 3.05) is 5.75 Å². The number of nitriles is 1. The van der Waals surface area contributed by atoms with Crippen molar-refractivity contribution in [3.8, 4) is 11.8 Å². The van der Waals surface area contributed by atoms with E-state index in [0.29, 0.717) is 16.1 Å². The molecule has 3 aromatic rings. The summed E-state index contributed by atoms with van der Waals surface area (Å²) in [6, 6.07) is 17.6. The van der Waals surface area contributed by atoms with Gasteiger partial charge in [-0.3, -0.25) is 9.36 Å². The van der Waals surface area contributed by atoms with Crippen LogP contribution in [0.3, 0.4) is 0 Å². The molecular formula is C21H21N3OS. The maximum Gasteiger partial charge on any atom is 0.266 e. The molecule has 1 heterocycles. The van der Waals surface area contributed by atoms with Gasteiger partial charge in [0.25, 0.3) is 5.56 Å². The molecule has 4 nitrogen and oxygen atoms in total. The highest BCUT2D eigenvalue weighted by Gasteiger charge is 2.18. The minimum Gasteiger partial charge on any atom is -0.268 e. The number of hydrogen-bond acceptors (Lipinski definition) is 4. The standard InChI is InChI=1S/C21H21N3OS/c1-15-8-10-16(11-9-15)24-19(25)17-6-4-5-7-18(17)23-20(24)26-13-12-21(2,3)14-22/h4-11H,12-13H2,1-3H3. The number of hydrogen-bond donors (Lipinski definition) is 0. The van der Waals surface area contributed by atoms with Crippen LogP contribution in [-0.2, 0) is 0 Å². The third kappa shape index (κ3) is 3.81. The number of rotatable bonds is 5. The molecule has 3 rings (SSSR count). The Bertz CT molecular complexity index is 1030. The molecule has 0 aliphatic carbocycles. The van der Waals surface area contributed by atoms with E-state index in [1.807, 2.05) is 69.3 Å². The predicted molar refractivity (Wildman–Crippen MR) is 107 cm³/mol. The zero-order valence-corrected chi connectivity index (χ0v) is 16.0. The Labute approximate surface area is 157 Å². The second-order valence-corrected chi connectivity index (χ2v) is 8.04. The van der Waals surface area contributed by atoms with Crippen molar-refractivity contribution in [3.05, 3.63) is 64.4 Å². The maximum absolute atomic E-state index is 13.1. The summed E-state index contributed by atoms with van der Waals surface area (Å²) < 4.78 is 1.67. The lowest BCUT2D eigenvalue weighted by Crippen LogP contribution is -2.22. The molecule has 0 aliphatic heterocycles. The predicted octanol–water partition coefficient (Wildman–Crippen LogP) is 4.73. The van der Waals surface area contributed by atoms with Crippen LogP contribution in [0.5, 0.6) is 0 Å². The number of aryl methyl sites for hydroxylation is 1. The van der Waals surface area contributed by atoms with Crippen molar-refractivity contribution in [1.29, 1.82) is 5.26 Å². The lowest BCUT2D eigenvalue weighted by atomic mass is 9.93. The first-order valence-corrected chi connectivity index (χ1v) is 9.53. The summed E-state index contributed by atoms with van der Waals surface area (Å²) in [7, 11) is 0. The van der Waals surface area contributed by atoms with Crippen molar-refractivity contribution in [1.82, 2.24) is 9.55 Å². The van der Waals surface area contributed by atoms with E-state index in [-0.39, 0.29) is 5.56 Å². The van der Waals surface area contributed by atoms with E-state index in [4.69, 9.17) is 4.98 Å². The fourth-order valence-corrected chi connectivity index (χ4v) is 3.86. The van der Waals surface area contributed by atoms with E-state index in [1.165, 1.54) is 11.8 Å². The average molecular weight is 363 g/mol. The Hall–Kier alpha value is -2.58. The van der Waals surface area contributed by atoms with Gasteiger partial charge in [-0.05, 0) is 51.5 Å². The quantitative estimate of drug-likeness (QED) is 0.486. The normalized spacial score (nSPS) is 11.5. The van der Waals surface area contributed by atoms with Crippen LogP contribution in [-0.4, -0.2) is 15.3 Å². The Kier molecular flexibility index (Phi) is 5.15. The van der Waals surface area contributed by atoms with Gasteiger partial charge in [-0.15, -0.1) is 0 Å². The van der Waals surface area contributed by atoms with Crippen molar-refractivity contribution in [3.63, 3.8) is 0 Å². The second kappa shape index (κ2) is 7.35. The first kappa shape index (κ1) is 18.2. The third-order valence-corrected chi connectivity index (χ3v) is 5.24. The average Bonchev–Trinajstić information content (AvgIpc) is 2.63. The topological polar surface area (TPSA) is 58.7 Å². The smallest absolute Gasteiger partial charge is 0.266 e. The molecule has 26 heavy (non-hydrogen) atoms. The Morgan fingerprint density at radius 2 is 1.85 bits per heavy atom. The molecule has 0 fully saturated rings. The van der Waals surface area contributed by atoms with Gasteiger partial charge in [0, 0.05) is 5.75 Å². The monoisotopic (exact) mass is 363 g/mol. The molecule has 0 amide bonds. The zero-order chi connectivity index (χ0) is 18.7. The molecule has 0 spiro atoms. The van der Waals surface area contributed by atoms with Crippen LogP contribution in [0, 0.1) is 23.7 Å². The van der Waals surface area contributed by atoms with Gasteiger partial charge in [-0.2, -0.15) is 5.26 Å². The highest BCUT2D eigenvalue weighted by molar-refractivity contribution is 7.99. The summed E-state index contributed by atoms with van der Waals surface area (Å²) in [5.41, 5.74) is 2.18. The molecule has 0 atom stereocenters. The lowest BCUT2D eigenvalue weighted by molar-refractivity contribution is 0.482. The van der Waals surface area contributed by atoms with Gasteiger partial charge in [0.15, 0.2) is 5.16 Å². The summed E-state index contributed by atoms with van der Waals surface area (Å²) in [5, 5.41) is 10.5. The zero-order valence-electron chi connectivity index (χ0n) is 15.2. The van der Waals surface area contributed by atoms with Gasteiger partial charge >= 0.3 is 0 Å². The van der Waals surface area contributed by atoms with Gasteiger partial charge in [0.05, 0.1) is 28.1 Å².